The van der Waals surface area contributed by atoms with E-state index in [9.17, 15) is 9.59 Å². The van der Waals surface area contributed by atoms with Crippen LogP contribution in [0.3, 0.4) is 0 Å². The predicted octanol–water partition coefficient (Wildman–Crippen LogP) is 2.83. The van der Waals surface area contributed by atoms with Gasteiger partial charge in [-0.1, -0.05) is 18.2 Å². The molecule has 0 bridgehead atoms. The van der Waals surface area contributed by atoms with Crippen LogP contribution in [0.5, 0.6) is 17.2 Å². The first-order valence-corrected chi connectivity index (χ1v) is 8.14. The highest BCUT2D eigenvalue weighted by Crippen LogP contribution is 2.28. The summed E-state index contributed by atoms with van der Waals surface area (Å²) in [5, 5.41) is 5.28. The Morgan fingerprint density at radius 2 is 1.56 bits per heavy atom. The zero-order valence-corrected chi connectivity index (χ0v) is 15.7. The number of hydrogen-bond donors (Lipinski definition) is 2. The van der Waals surface area contributed by atoms with Gasteiger partial charge >= 0.3 is 0 Å². The van der Waals surface area contributed by atoms with Crippen LogP contribution >= 0.6 is 0 Å². The molecular weight excluding hydrogens is 348 g/mol. The van der Waals surface area contributed by atoms with Gasteiger partial charge in [0, 0.05) is 6.92 Å². The number of ether oxygens (including phenoxy) is 3. The molecule has 142 valence electrons. The van der Waals surface area contributed by atoms with Gasteiger partial charge in [0.1, 0.15) is 11.4 Å². The first-order chi connectivity index (χ1) is 13.0. The van der Waals surface area contributed by atoms with Crippen molar-refractivity contribution in [2.75, 3.05) is 26.6 Å². The highest BCUT2D eigenvalue weighted by Gasteiger charge is 2.14. The van der Waals surface area contributed by atoms with Gasteiger partial charge in [0.2, 0.25) is 5.91 Å². The summed E-state index contributed by atoms with van der Waals surface area (Å²) in [5.74, 6) is 0.744. The summed E-state index contributed by atoms with van der Waals surface area (Å²) in [6.07, 6.45) is 1.55. The number of nitrogens with one attached hydrogen (secondary N) is 2. The molecule has 0 aliphatic rings. The predicted molar refractivity (Wildman–Crippen MR) is 103 cm³/mol. The van der Waals surface area contributed by atoms with Crippen LogP contribution in [-0.2, 0) is 9.59 Å². The van der Waals surface area contributed by atoms with Gasteiger partial charge in [-0.3, -0.25) is 9.59 Å². The number of rotatable bonds is 7. The van der Waals surface area contributed by atoms with Crippen molar-refractivity contribution < 1.29 is 23.8 Å². The quantitative estimate of drug-likeness (QED) is 0.732. The van der Waals surface area contributed by atoms with Crippen LogP contribution in [0.4, 0.5) is 5.69 Å². The molecule has 27 heavy (non-hydrogen) atoms. The molecular formula is C20H22N2O5. The molecule has 7 nitrogen and oxygen atoms in total. The summed E-state index contributed by atoms with van der Waals surface area (Å²) >= 11 is 0. The summed E-state index contributed by atoms with van der Waals surface area (Å²) < 4.78 is 15.7. The molecule has 2 aromatic rings. The molecule has 0 radical (unpaired) electrons. The second kappa shape index (κ2) is 9.28. The third-order valence-electron chi connectivity index (χ3n) is 3.63. The van der Waals surface area contributed by atoms with Crippen LogP contribution in [0.25, 0.3) is 6.08 Å². The minimum absolute atomic E-state index is 0.0839. The first-order valence-electron chi connectivity index (χ1n) is 8.14. The standard InChI is InChI=1S/C20H22N2O5/c1-13(23)21-16(11-14-9-10-18(26-3)19(12-14)27-4)20(24)22-15-7-5-6-8-17(15)25-2/h5-12H,1-4H3,(H,21,23)(H,22,24)/b16-11+. The molecule has 2 amide bonds. The van der Waals surface area contributed by atoms with Crippen LogP contribution in [0.2, 0.25) is 0 Å². The first kappa shape index (κ1) is 19.8. The summed E-state index contributed by atoms with van der Waals surface area (Å²) in [7, 11) is 4.57. The minimum atomic E-state index is -0.482. The van der Waals surface area contributed by atoms with Gasteiger partial charge in [0.15, 0.2) is 11.5 Å². The van der Waals surface area contributed by atoms with E-state index >= 15 is 0 Å². The van der Waals surface area contributed by atoms with Crippen molar-refractivity contribution in [3.63, 3.8) is 0 Å². The van der Waals surface area contributed by atoms with Crippen molar-refractivity contribution >= 4 is 23.6 Å². The van der Waals surface area contributed by atoms with E-state index in [1.54, 1.807) is 48.5 Å². The fourth-order valence-electron chi connectivity index (χ4n) is 2.39. The fourth-order valence-corrected chi connectivity index (χ4v) is 2.39. The third kappa shape index (κ3) is 5.24. The van der Waals surface area contributed by atoms with E-state index in [0.717, 1.165) is 0 Å². The number of hydrogen-bond acceptors (Lipinski definition) is 5. The minimum Gasteiger partial charge on any atom is -0.495 e. The molecule has 0 saturated carbocycles. The van der Waals surface area contributed by atoms with E-state index in [4.69, 9.17) is 14.2 Å². The molecule has 2 aromatic carbocycles. The maximum absolute atomic E-state index is 12.7. The zero-order valence-electron chi connectivity index (χ0n) is 15.7. The lowest BCUT2D eigenvalue weighted by Crippen LogP contribution is -2.29. The highest BCUT2D eigenvalue weighted by atomic mass is 16.5. The number of amides is 2. The van der Waals surface area contributed by atoms with Crippen molar-refractivity contribution in [2.24, 2.45) is 0 Å². The smallest absolute Gasteiger partial charge is 0.272 e. The Morgan fingerprint density at radius 3 is 2.19 bits per heavy atom. The fraction of sp³-hybridized carbons (Fsp3) is 0.200. The lowest BCUT2D eigenvalue weighted by Gasteiger charge is -2.13. The van der Waals surface area contributed by atoms with Gasteiger partial charge in [-0.2, -0.15) is 0 Å². The lowest BCUT2D eigenvalue weighted by atomic mass is 10.1. The summed E-state index contributed by atoms with van der Waals surface area (Å²) in [6.45, 7) is 1.33. The van der Waals surface area contributed by atoms with E-state index in [1.165, 1.54) is 28.3 Å². The average molecular weight is 370 g/mol. The van der Waals surface area contributed by atoms with Gasteiger partial charge in [-0.15, -0.1) is 0 Å². The van der Waals surface area contributed by atoms with Crippen LogP contribution in [-0.4, -0.2) is 33.1 Å². The Kier molecular flexibility index (Phi) is 6.82. The monoisotopic (exact) mass is 370 g/mol. The van der Waals surface area contributed by atoms with Crippen LogP contribution in [0, 0.1) is 0 Å². The maximum Gasteiger partial charge on any atom is 0.272 e. The largest absolute Gasteiger partial charge is 0.495 e. The van der Waals surface area contributed by atoms with Crippen LogP contribution < -0.4 is 24.8 Å². The highest BCUT2D eigenvalue weighted by molar-refractivity contribution is 6.09. The van der Waals surface area contributed by atoms with Crippen LogP contribution in [0.1, 0.15) is 12.5 Å². The molecule has 0 aliphatic heterocycles. The molecule has 0 spiro atoms. The van der Waals surface area contributed by atoms with Gasteiger partial charge in [-0.05, 0) is 35.9 Å². The number of para-hydroxylation sites is 2. The molecule has 0 unspecified atom stereocenters. The van der Waals surface area contributed by atoms with Crippen LogP contribution in [0.15, 0.2) is 48.2 Å². The molecule has 0 atom stereocenters. The normalized spacial score (nSPS) is 10.7. The lowest BCUT2D eigenvalue weighted by molar-refractivity contribution is -0.120. The Hall–Kier alpha value is -3.48. The molecule has 7 heteroatoms. The summed E-state index contributed by atoms with van der Waals surface area (Å²) in [5.41, 5.74) is 1.24. The zero-order chi connectivity index (χ0) is 19.8. The van der Waals surface area contributed by atoms with E-state index in [1.807, 2.05) is 0 Å². The summed E-state index contributed by atoms with van der Waals surface area (Å²) in [6, 6.07) is 12.2. The Labute approximate surface area is 157 Å². The number of carbonyl (C=O) groups excluding carboxylic acids is 2. The molecule has 0 heterocycles. The number of methoxy groups -OCH3 is 3. The Balaban J connectivity index is 2.35. The molecule has 2 rings (SSSR count). The van der Waals surface area contributed by atoms with E-state index in [2.05, 4.69) is 10.6 Å². The SMILES string of the molecule is COc1ccccc1NC(=O)/C(=C\c1ccc(OC)c(OC)c1)NC(C)=O. The van der Waals surface area contributed by atoms with Crippen molar-refractivity contribution in [1.82, 2.24) is 5.32 Å². The topological polar surface area (TPSA) is 85.9 Å². The van der Waals surface area contributed by atoms with Crippen molar-refractivity contribution in [1.29, 1.82) is 0 Å². The molecule has 0 fully saturated rings. The molecule has 0 saturated heterocycles. The number of anilines is 1. The van der Waals surface area contributed by atoms with Crippen molar-refractivity contribution in [2.45, 2.75) is 6.92 Å². The van der Waals surface area contributed by atoms with Gasteiger partial charge in [0.05, 0.1) is 27.0 Å². The average Bonchev–Trinajstić information content (AvgIpc) is 2.67. The number of carbonyl (C=O) groups is 2. The molecule has 2 N–H and O–H groups in total. The van der Waals surface area contributed by atoms with E-state index < -0.39 is 5.91 Å². The Morgan fingerprint density at radius 1 is 0.889 bits per heavy atom. The molecule has 0 aliphatic carbocycles. The van der Waals surface area contributed by atoms with E-state index in [-0.39, 0.29) is 11.6 Å². The van der Waals surface area contributed by atoms with Gasteiger partial charge in [-0.25, -0.2) is 0 Å². The van der Waals surface area contributed by atoms with E-state index in [0.29, 0.717) is 28.5 Å². The summed E-state index contributed by atoms with van der Waals surface area (Å²) in [4.78, 5) is 24.2. The Bertz CT molecular complexity index is 861. The second-order valence-corrected chi connectivity index (χ2v) is 5.51. The number of benzene rings is 2. The van der Waals surface area contributed by atoms with Crippen molar-refractivity contribution in [3.05, 3.63) is 53.7 Å². The molecule has 0 aromatic heterocycles. The third-order valence-corrected chi connectivity index (χ3v) is 3.63. The maximum atomic E-state index is 12.7. The van der Waals surface area contributed by atoms with Gasteiger partial charge in [0.25, 0.3) is 5.91 Å². The van der Waals surface area contributed by atoms with Crippen molar-refractivity contribution in [3.8, 4) is 17.2 Å². The van der Waals surface area contributed by atoms with Gasteiger partial charge < -0.3 is 24.8 Å². The second-order valence-electron chi connectivity index (χ2n) is 5.51.